The molecule has 0 aliphatic heterocycles. The lowest BCUT2D eigenvalue weighted by atomic mass is 10.2. The van der Waals surface area contributed by atoms with Crippen molar-refractivity contribution in [3.05, 3.63) is 23.8 Å². The van der Waals surface area contributed by atoms with Gasteiger partial charge in [-0.2, -0.15) is 0 Å². The molecule has 0 spiro atoms. The molecule has 1 aromatic carbocycles. The summed E-state index contributed by atoms with van der Waals surface area (Å²) in [5.41, 5.74) is 1.04. The van der Waals surface area contributed by atoms with Gasteiger partial charge >= 0.3 is 0 Å². The van der Waals surface area contributed by atoms with Gasteiger partial charge in [-0.25, -0.2) is 0 Å². The first-order chi connectivity index (χ1) is 5.59. The van der Waals surface area contributed by atoms with Gasteiger partial charge in [-0.05, 0) is 32.4 Å². The van der Waals surface area contributed by atoms with Crippen molar-refractivity contribution in [2.24, 2.45) is 0 Å². The number of phenolic OH excluding ortho intramolecular Hbond substituents is 1. The van der Waals surface area contributed by atoms with E-state index in [-0.39, 0.29) is 11.9 Å². The maximum absolute atomic E-state index is 9.17. The Morgan fingerprint density at radius 2 is 2.00 bits per heavy atom. The zero-order valence-corrected chi connectivity index (χ0v) is 7.66. The van der Waals surface area contributed by atoms with E-state index in [0.717, 1.165) is 11.3 Å². The summed E-state index contributed by atoms with van der Waals surface area (Å²) in [6, 6.07) is 5.13. The number of hydrogen-bond acceptors (Lipinski definition) is 2. The van der Waals surface area contributed by atoms with Crippen LogP contribution in [0.15, 0.2) is 18.2 Å². The normalized spacial score (nSPS) is 10.3. The first-order valence-electron chi connectivity index (χ1n) is 4.06. The van der Waals surface area contributed by atoms with Crippen molar-refractivity contribution in [1.82, 2.24) is 0 Å². The van der Waals surface area contributed by atoms with Crippen molar-refractivity contribution < 1.29 is 9.84 Å². The second-order valence-corrected chi connectivity index (χ2v) is 3.12. The number of ether oxygens (including phenoxy) is 1. The molecule has 0 aromatic heterocycles. The highest BCUT2D eigenvalue weighted by Crippen LogP contribution is 2.23. The summed E-state index contributed by atoms with van der Waals surface area (Å²) in [7, 11) is 0. The molecule has 0 unspecified atom stereocenters. The van der Waals surface area contributed by atoms with E-state index in [1.807, 2.05) is 26.8 Å². The molecular weight excluding hydrogens is 152 g/mol. The van der Waals surface area contributed by atoms with Crippen molar-refractivity contribution in [1.29, 1.82) is 0 Å². The quantitative estimate of drug-likeness (QED) is 0.731. The van der Waals surface area contributed by atoms with Crippen molar-refractivity contribution in [3.63, 3.8) is 0 Å². The minimum Gasteiger partial charge on any atom is -0.508 e. The molecule has 0 bridgehead atoms. The number of hydrogen-bond donors (Lipinski definition) is 1. The van der Waals surface area contributed by atoms with E-state index >= 15 is 0 Å². The Kier molecular flexibility index (Phi) is 2.58. The number of rotatable bonds is 2. The van der Waals surface area contributed by atoms with Crippen LogP contribution in [0.4, 0.5) is 0 Å². The van der Waals surface area contributed by atoms with Gasteiger partial charge in [0.2, 0.25) is 0 Å². The molecule has 0 saturated heterocycles. The molecule has 12 heavy (non-hydrogen) atoms. The molecule has 0 amide bonds. The van der Waals surface area contributed by atoms with Crippen LogP contribution in [-0.2, 0) is 0 Å². The molecule has 1 rings (SSSR count). The minimum absolute atomic E-state index is 0.144. The van der Waals surface area contributed by atoms with E-state index in [9.17, 15) is 5.11 Å². The largest absolute Gasteiger partial charge is 0.508 e. The van der Waals surface area contributed by atoms with Crippen LogP contribution in [0.3, 0.4) is 0 Å². The Labute approximate surface area is 72.8 Å². The Hall–Kier alpha value is -1.18. The zero-order valence-electron chi connectivity index (χ0n) is 7.66. The van der Waals surface area contributed by atoms with Gasteiger partial charge in [0, 0.05) is 6.07 Å². The second-order valence-electron chi connectivity index (χ2n) is 3.12. The maximum atomic E-state index is 9.17. The average Bonchev–Trinajstić information content (AvgIpc) is 1.96. The van der Waals surface area contributed by atoms with Gasteiger partial charge in [0.05, 0.1) is 6.10 Å². The Bertz CT molecular complexity index is 267. The molecular formula is C10H14O2. The highest BCUT2D eigenvalue weighted by Gasteiger charge is 2.02. The van der Waals surface area contributed by atoms with E-state index < -0.39 is 0 Å². The van der Waals surface area contributed by atoms with Crippen LogP contribution in [0.1, 0.15) is 19.4 Å². The molecule has 0 aliphatic carbocycles. The zero-order chi connectivity index (χ0) is 9.14. The van der Waals surface area contributed by atoms with Gasteiger partial charge in [-0.1, -0.05) is 6.07 Å². The standard InChI is InChI=1S/C10H14O2/c1-7(2)12-10-6-9(11)5-4-8(10)3/h4-7,11H,1-3H3. The predicted octanol–water partition coefficient (Wildman–Crippen LogP) is 2.49. The highest BCUT2D eigenvalue weighted by atomic mass is 16.5. The van der Waals surface area contributed by atoms with Crippen molar-refractivity contribution >= 4 is 0 Å². The topological polar surface area (TPSA) is 29.5 Å². The molecule has 1 aromatic rings. The third-order valence-corrected chi connectivity index (χ3v) is 1.53. The summed E-state index contributed by atoms with van der Waals surface area (Å²) in [6.45, 7) is 5.88. The smallest absolute Gasteiger partial charge is 0.126 e. The molecule has 0 atom stereocenters. The summed E-state index contributed by atoms with van der Waals surface area (Å²) in [6.07, 6.45) is 0.144. The third kappa shape index (κ3) is 2.16. The van der Waals surface area contributed by atoms with Crippen LogP contribution >= 0.6 is 0 Å². The van der Waals surface area contributed by atoms with Crippen LogP contribution in [0.5, 0.6) is 11.5 Å². The predicted molar refractivity (Wildman–Crippen MR) is 48.6 cm³/mol. The van der Waals surface area contributed by atoms with E-state index in [1.54, 1.807) is 12.1 Å². The molecule has 0 saturated carbocycles. The molecule has 0 radical (unpaired) electrons. The third-order valence-electron chi connectivity index (χ3n) is 1.53. The Morgan fingerprint density at radius 3 is 2.58 bits per heavy atom. The van der Waals surface area contributed by atoms with E-state index in [1.165, 1.54) is 0 Å². The summed E-state index contributed by atoms with van der Waals surface area (Å²) >= 11 is 0. The number of aromatic hydroxyl groups is 1. The van der Waals surface area contributed by atoms with Crippen LogP contribution in [0.25, 0.3) is 0 Å². The van der Waals surface area contributed by atoms with Crippen LogP contribution in [-0.4, -0.2) is 11.2 Å². The van der Waals surface area contributed by atoms with Gasteiger partial charge in [-0.15, -0.1) is 0 Å². The Morgan fingerprint density at radius 1 is 1.33 bits per heavy atom. The van der Waals surface area contributed by atoms with Crippen LogP contribution in [0, 0.1) is 6.92 Å². The number of aryl methyl sites for hydroxylation is 1. The van der Waals surface area contributed by atoms with E-state index in [0.29, 0.717) is 0 Å². The van der Waals surface area contributed by atoms with Gasteiger partial charge in [-0.3, -0.25) is 0 Å². The minimum atomic E-state index is 0.144. The lowest BCUT2D eigenvalue weighted by molar-refractivity contribution is 0.240. The summed E-state index contributed by atoms with van der Waals surface area (Å²) in [5.74, 6) is 1.00. The second kappa shape index (κ2) is 3.48. The summed E-state index contributed by atoms with van der Waals surface area (Å²) in [5, 5.41) is 9.17. The van der Waals surface area contributed by atoms with Crippen molar-refractivity contribution in [2.75, 3.05) is 0 Å². The number of benzene rings is 1. The lowest BCUT2D eigenvalue weighted by Gasteiger charge is -2.11. The fraction of sp³-hybridized carbons (Fsp3) is 0.400. The van der Waals surface area contributed by atoms with E-state index in [4.69, 9.17) is 4.74 Å². The lowest BCUT2D eigenvalue weighted by Crippen LogP contribution is -2.06. The van der Waals surface area contributed by atoms with Crippen molar-refractivity contribution in [2.45, 2.75) is 26.9 Å². The first-order valence-corrected chi connectivity index (χ1v) is 4.06. The molecule has 0 heterocycles. The SMILES string of the molecule is Cc1ccc(O)cc1OC(C)C. The van der Waals surface area contributed by atoms with Crippen molar-refractivity contribution in [3.8, 4) is 11.5 Å². The molecule has 66 valence electrons. The first kappa shape index (κ1) is 8.91. The fourth-order valence-electron chi connectivity index (χ4n) is 0.970. The van der Waals surface area contributed by atoms with Gasteiger partial charge in [0.1, 0.15) is 11.5 Å². The summed E-state index contributed by atoms with van der Waals surface area (Å²) in [4.78, 5) is 0. The molecule has 0 aliphatic rings. The van der Waals surface area contributed by atoms with Gasteiger partial charge in [0.25, 0.3) is 0 Å². The average molecular weight is 166 g/mol. The highest BCUT2D eigenvalue weighted by molar-refractivity contribution is 5.39. The van der Waals surface area contributed by atoms with Crippen LogP contribution < -0.4 is 4.74 Å². The summed E-state index contributed by atoms with van der Waals surface area (Å²) < 4.78 is 5.47. The molecule has 0 fully saturated rings. The van der Waals surface area contributed by atoms with Crippen LogP contribution in [0.2, 0.25) is 0 Å². The fourth-order valence-corrected chi connectivity index (χ4v) is 0.970. The van der Waals surface area contributed by atoms with E-state index in [2.05, 4.69) is 0 Å². The van der Waals surface area contributed by atoms with Gasteiger partial charge in [0.15, 0.2) is 0 Å². The molecule has 2 heteroatoms. The maximum Gasteiger partial charge on any atom is 0.126 e. The molecule has 1 N–H and O–H groups in total. The van der Waals surface area contributed by atoms with Gasteiger partial charge < -0.3 is 9.84 Å². The number of phenols is 1. The molecule has 2 nitrogen and oxygen atoms in total. The monoisotopic (exact) mass is 166 g/mol. The Balaban J connectivity index is 2.90.